The number of ether oxygens (including phenoxy) is 2. The molecule has 4 rings (SSSR count). The van der Waals surface area contributed by atoms with E-state index in [0.29, 0.717) is 22.7 Å². The van der Waals surface area contributed by atoms with Crippen LogP contribution in [0.15, 0.2) is 52.0 Å². The van der Waals surface area contributed by atoms with Crippen molar-refractivity contribution >= 4 is 34.3 Å². The quantitative estimate of drug-likeness (QED) is 0.471. The van der Waals surface area contributed by atoms with Gasteiger partial charge in [-0.25, -0.2) is 9.37 Å². The lowest BCUT2D eigenvalue weighted by Gasteiger charge is -2.13. The summed E-state index contributed by atoms with van der Waals surface area (Å²) in [5, 5.41) is 6.88. The van der Waals surface area contributed by atoms with Crippen LogP contribution in [0.5, 0.6) is 11.5 Å². The summed E-state index contributed by atoms with van der Waals surface area (Å²) in [6.45, 7) is -0.345. The van der Waals surface area contributed by atoms with Crippen molar-refractivity contribution in [1.29, 1.82) is 0 Å². The van der Waals surface area contributed by atoms with Crippen molar-refractivity contribution in [3.63, 3.8) is 0 Å². The second-order valence-electron chi connectivity index (χ2n) is 6.63. The predicted molar refractivity (Wildman–Crippen MR) is 115 cm³/mol. The highest BCUT2D eigenvalue weighted by Crippen LogP contribution is 2.35. The molecule has 0 aliphatic heterocycles. The van der Waals surface area contributed by atoms with Crippen LogP contribution >= 0.6 is 11.6 Å². The van der Waals surface area contributed by atoms with Gasteiger partial charge in [0, 0.05) is 11.6 Å². The maximum absolute atomic E-state index is 13.2. The van der Waals surface area contributed by atoms with Crippen LogP contribution in [0, 0.1) is 5.82 Å². The molecule has 0 saturated heterocycles. The van der Waals surface area contributed by atoms with Gasteiger partial charge in [-0.1, -0.05) is 16.8 Å². The molecule has 0 fully saturated rings. The van der Waals surface area contributed by atoms with Crippen LogP contribution in [0.3, 0.4) is 0 Å². The number of aromatic nitrogens is 3. The number of amides is 1. The van der Waals surface area contributed by atoms with E-state index in [-0.39, 0.29) is 28.4 Å². The van der Waals surface area contributed by atoms with Crippen LogP contribution in [-0.2, 0) is 11.3 Å². The summed E-state index contributed by atoms with van der Waals surface area (Å²) in [5.41, 5.74) is 0.460. The molecule has 0 unspecified atom stereocenters. The Morgan fingerprint density at radius 2 is 1.91 bits per heavy atom. The zero-order chi connectivity index (χ0) is 22.8. The highest BCUT2D eigenvalue weighted by molar-refractivity contribution is 6.32. The summed E-state index contributed by atoms with van der Waals surface area (Å²) in [6.07, 6.45) is 1.18. The Hall–Kier alpha value is -3.92. The molecule has 0 bridgehead atoms. The third-order valence-corrected chi connectivity index (χ3v) is 4.94. The van der Waals surface area contributed by atoms with Crippen molar-refractivity contribution in [3.8, 4) is 22.8 Å². The SMILES string of the molecule is COc1cc(OC)c(NC(=O)Cn2cnc3onc(-c4ccc(F)cc4)c3c2=O)cc1Cl. The molecule has 9 nitrogen and oxygen atoms in total. The Labute approximate surface area is 185 Å². The molecule has 0 spiro atoms. The number of fused-ring (bicyclic) bond motifs is 1. The molecule has 4 aromatic rings. The summed E-state index contributed by atoms with van der Waals surface area (Å²) in [6, 6.07) is 8.43. The van der Waals surface area contributed by atoms with E-state index in [0.717, 1.165) is 4.57 Å². The molecule has 2 heterocycles. The lowest BCUT2D eigenvalue weighted by molar-refractivity contribution is -0.116. The molecular weight excluding hydrogens is 443 g/mol. The van der Waals surface area contributed by atoms with E-state index >= 15 is 0 Å². The van der Waals surface area contributed by atoms with Gasteiger partial charge in [0.2, 0.25) is 5.91 Å². The highest BCUT2D eigenvalue weighted by atomic mass is 35.5. The minimum atomic E-state index is -0.537. The largest absolute Gasteiger partial charge is 0.495 e. The van der Waals surface area contributed by atoms with E-state index in [2.05, 4.69) is 15.5 Å². The number of hydrogen-bond donors (Lipinski definition) is 1. The van der Waals surface area contributed by atoms with Crippen molar-refractivity contribution < 1.29 is 23.2 Å². The number of carbonyl (C=O) groups is 1. The number of methoxy groups -OCH3 is 2. The lowest BCUT2D eigenvalue weighted by Crippen LogP contribution is -2.28. The average molecular weight is 459 g/mol. The van der Waals surface area contributed by atoms with Crippen molar-refractivity contribution in [2.75, 3.05) is 19.5 Å². The van der Waals surface area contributed by atoms with Crippen molar-refractivity contribution in [3.05, 3.63) is 63.9 Å². The zero-order valence-corrected chi connectivity index (χ0v) is 17.6. The number of rotatable bonds is 6. The first-order valence-electron chi connectivity index (χ1n) is 9.23. The van der Waals surface area contributed by atoms with Crippen LogP contribution in [0.25, 0.3) is 22.4 Å². The number of hydrogen-bond acceptors (Lipinski definition) is 7. The molecule has 2 aromatic carbocycles. The summed E-state index contributed by atoms with van der Waals surface area (Å²) in [7, 11) is 2.89. The molecule has 1 amide bonds. The van der Waals surface area contributed by atoms with Crippen LogP contribution in [0.1, 0.15) is 0 Å². The lowest BCUT2D eigenvalue weighted by atomic mass is 10.1. The summed E-state index contributed by atoms with van der Waals surface area (Å²) in [4.78, 5) is 29.7. The molecule has 0 saturated carbocycles. The van der Waals surface area contributed by atoms with E-state index in [1.165, 1.54) is 56.9 Å². The van der Waals surface area contributed by atoms with Gasteiger partial charge < -0.3 is 19.3 Å². The van der Waals surface area contributed by atoms with E-state index in [1.807, 2.05) is 0 Å². The molecule has 11 heteroatoms. The van der Waals surface area contributed by atoms with Gasteiger partial charge in [0.1, 0.15) is 41.3 Å². The first kappa shape index (κ1) is 21.3. The number of halogens is 2. The fraction of sp³-hybridized carbons (Fsp3) is 0.143. The Kier molecular flexibility index (Phi) is 5.78. The number of nitrogens with zero attached hydrogens (tertiary/aromatic N) is 3. The Balaban J connectivity index is 1.64. The summed E-state index contributed by atoms with van der Waals surface area (Å²) >= 11 is 6.13. The van der Waals surface area contributed by atoms with Gasteiger partial charge in [-0.15, -0.1) is 0 Å². The smallest absolute Gasteiger partial charge is 0.267 e. The van der Waals surface area contributed by atoms with Gasteiger partial charge in [-0.05, 0) is 30.3 Å². The summed E-state index contributed by atoms with van der Waals surface area (Å²) < 4.78 is 29.9. The van der Waals surface area contributed by atoms with E-state index in [4.69, 9.17) is 25.6 Å². The molecular formula is C21H16ClFN4O5. The minimum Gasteiger partial charge on any atom is -0.495 e. The Morgan fingerprint density at radius 3 is 2.59 bits per heavy atom. The Morgan fingerprint density at radius 1 is 1.19 bits per heavy atom. The van der Waals surface area contributed by atoms with Crippen LogP contribution < -0.4 is 20.3 Å². The molecule has 1 N–H and O–H groups in total. The average Bonchev–Trinajstić information content (AvgIpc) is 3.21. The third-order valence-electron chi connectivity index (χ3n) is 4.64. The van der Waals surface area contributed by atoms with Gasteiger partial charge in [0.05, 0.1) is 24.9 Å². The molecule has 164 valence electrons. The first-order valence-corrected chi connectivity index (χ1v) is 9.61. The van der Waals surface area contributed by atoms with Crippen molar-refractivity contribution in [2.24, 2.45) is 0 Å². The maximum Gasteiger partial charge on any atom is 0.267 e. The number of benzene rings is 2. The number of anilines is 1. The maximum atomic E-state index is 13.2. The monoisotopic (exact) mass is 458 g/mol. The Bertz CT molecular complexity index is 1370. The van der Waals surface area contributed by atoms with Gasteiger partial charge in [-0.3, -0.25) is 14.2 Å². The molecule has 0 aliphatic carbocycles. The van der Waals surface area contributed by atoms with Crippen molar-refractivity contribution in [1.82, 2.24) is 14.7 Å². The van der Waals surface area contributed by atoms with E-state index in [1.54, 1.807) is 0 Å². The second-order valence-corrected chi connectivity index (χ2v) is 7.04. The molecule has 2 aromatic heterocycles. The van der Waals surface area contributed by atoms with Gasteiger partial charge >= 0.3 is 0 Å². The van der Waals surface area contributed by atoms with Crippen molar-refractivity contribution in [2.45, 2.75) is 6.54 Å². The standard InChI is InChI=1S/C21H16ClFN4O5/c1-30-15-8-16(31-2)14(7-13(15)22)25-17(28)9-27-10-24-20-18(21(27)29)19(26-32-20)11-3-5-12(23)6-4-11/h3-8,10H,9H2,1-2H3,(H,25,28). The fourth-order valence-corrected chi connectivity index (χ4v) is 3.34. The first-order chi connectivity index (χ1) is 15.4. The molecule has 0 aliphatic rings. The van der Waals surface area contributed by atoms with E-state index in [9.17, 15) is 14.0 Å². The minimum absolute atomic E-state index is 0.00888. The van der Waals surface area contributed by atoms with Gasteiger partial charge in [-0.2, -0.15) is 0 Å². The molecule has 32 heavy (non-hydrogen) atoms. The number of carbonyl (C=O) groups excluding carboxylic acids is 1. The predicted octanol–water partition coefficient (Wildman–Crippen LogP) is 3.50. The molecule has 0 atom stereocenters. The normalized spacial score (nSPS) is 10.9. The van der Waals surface area contributed by atoms with Gasteiger partial charge in [0.15, 0.2) is 0 Å². The van der Waals surface area contributed by atoms with Gasteiger partial charge in [0.25, 0.3) is 11.3 Å². The van der Waals surface area contributed by atoms with Crippen LogP contribution in [0.2, 0.25) is 5.02 Å². The fourth-order valence-electron chi connectivity index (χ4n) is 3.10. The second kappa shape index (κ2) is 8.67. The highest BCUT2D eigenvalue weighted by Gasteiger charge is 2.19. The zero-order valence-electron chi connectivity index (χ0n) is 16.9. The van der Waals surface area contributed by atoms with Crippen LogP contribution in [0.4, 0.5) is 10.1 Å². The third kappa shape index (κ3) is 4.00. The van der Waals surface area contributed by atoms with Crippen LogP contribution in [-0.4, -0.2) is 34.8 Å². The number of nitrogens with one attached hydrogen (secondary N) is 1. The topological polar surface area (TPSA) is 108 Å². The molecule has 0 radical (unpaired) electrons. The van der Waals surface area contributed by atoms with E-state index < -0.39 is 17.3 Å². The summed E-state index contributed by atoms with van der Waals surface area (Å²) in [5.74, 6) is -0.235.